The van der Waals surface area contributed by atoms with Crippen LogP contribution in [0.15, 0.2) is 17.5 Å². The van der Waals surface area contributed by atoms with E-state index in [1.807, 2.05) is 23.6 Å². The van der Waals surface area contributed by atoms with Crippen LogP contribution in [0.4, 0.5) is 0 Å². The van der Waals surface area contributed by atoms with E-state index < -0.39 is 0 Å². The zero-order valence-electron chi connectivity index (χ0n) is 6.98. The first-order chi connectivity index (χ1) is 6.77. The average molecular weight is 200 g/mol. The minimum atomic E-state index is -0.0865. The van der Waals surface area contributed by atoms with E-state index in [2.05, 4.69) is 0 Å². The van der Waals surface area contributed by atoms with Crippen LogP contribution >= 0.6 is 11.3 Å². The smallest absolute Gasteiger partial charge is 0.152 e. The SMILES string of the molecule is N#Cc1cc2ccsc2c(O)c1C#N. The van der Waals surface area contributed by atoms with Gasteiger partial charge in [0.15, 0.2) is 5.75 Å². The minimum Gasteiger partial charge on any atom is -0.505 e. The highest BCUT2D eigenvalue weighted by atomic mass is 32.1. The molecule has 0 saturated carbocycles. The van der Waals surface area contributed by atoms with Gasteiger partial charge in [-0.05, 0) is 22.9 Å². The molecule has 0 aliphatic heterocycles. The Balaban J connectivity index is 2.97. The van der Waals surface area contributed by atoms with Gasteiger partial charge in [0.25, 0.3) is 0 Å². The first-order valence-corrected chi connectivity index (χ1v) is 4.69. The van der Waals surface area contributed by atoms with Crippen molar-refractivity contribution in [2.24, 2.45) is 0 Å². The summed E-state index contributed by atoms with van der Waals surface area (Å²) in [6.07, 6.45) is 0. The lowest BCUT2D eigenvalue weighted by Gasteiger charge is -1.99. The average Bonchev–Trinajstić information content (AvgIpc) is 2.65. The Hall–Kier alpha value is -2.04. The number of hydrogen-bond donors (Lipinski definition) is 1. The Morgan fingerprint density at radius 3 is 2.71 bits per heavy atom. The summed E-state index contributed by atoms with van der Waals surface area (Å²) >= 11 is 1.35. The van der Waals surface area contributed by atoms with Crippen molar-refractivity contribution in [2.45, 2.75) is 0 Å². The van der Waals surface area contributed by atoms with Gasteiger partial charge >= 0.3 is 0 Å². The van der Waals surface area contributed by atoms with Gasteiger partial charge in [0.05, 0.1) is 10.3 Å². The van der Waals surface area contributed by atoms with E-state index in [9.17, 15) is 5.11 Å². The number of phenolic OH excluding ortho intramolecular Hbond substituents is 1. The molecule has 1 heterocycles. The molecular weight excluding hydrogens is 196 g/mol. The number of hydrogen-bond acceptors (Lipinski definition) is 4. The van der Waals surface area contributed by atoms with Gasteiger partial charge in [0.2, 0.25) is 0 Å². The second-order valence-electron chi connectivity index (χ2n) is 2.71. The summed E-state index contributed by atoms with van der Waals surface area (Å²) in [4.78, 5) is 0. The molecule has 0 aliphatic rings. The first kappa shape index (κ1) is 8.55. The van der Waals surface area contributed by atoms with Crippen molar-refractivity contribution in [3.8, 4) is 17.9 Å². The summed E-state index contributed by atoms with van der Waals surface area (Å²) in [7, 11) is 0. The number of benzene rings is 1. The molecule has 4 heteroatoms. The van der Waals surface area contributed by atoms with Gasteiger partial charge < -0.3 is 5.11 Å². The van der Waals surface area contributed by atoms with Crippen molar-refractivity contribution in [3.05, 3.63) is 28.6 Å². The Morgan fingerprint density at radius 1 is 1.29 bits per heavy atom. The Kier molecular flexibility index (Phi) is 1.85. The molecule has 0 spiro atoms. The normalized spacial score (nSPS) is 9.57. The Bertz CT molecular complexity index is 586. The maximum absolute atomic E-state index is 9.69. The monoisotopic (exact) mass is 200 g/mol. The quantitative estimate of drug-likeness (QED) is 0.709. The zero-order chi connectivity index (χ0) is 10.1. The molecule has 0 fully saturated rings. The molecule has 1 aromatic carbocycles. The van der Waals surface area contributed by atoms with Crippen LogP contribution in [-0.4, -0.2) is 5.11 Å². The third kappa shape index (κ3) is 1.02. The van der Waals surface area contributed by atoms with E-state index in [-0.39, 0.29) is 16.9 Å². The summed E-state index contributed by atoms with van der Waals surface area (Å²) in [6.45, 7) is 0. The molecule has 0 aliphatic carbocycles. The van der Waals surface area contributed by atoms with Gasteiger partial charge in [-0.1, -0.05) is 0 Å². The van der Waals surface area contributed by atoms with Gasteiger partial charge in [-0.3, -0.25) is 0 Å². The van der Waals surface area contributed by atoms with E-state index in [0.29, 0.717) is 4.70 Å². The minimum absolute atomic E-state index is 0.0578. The molecule has 2 aromatic rings. The van der Waals surface area contributed by atoms with Crippen molar-refractivity contribution in [2.75, 3.05) is 0 Å². The van der Waals surface area contributed by atoms with Gasteiger partial charge in [-0.2, -0.15) is 10.5 Å². The molecule has 3 nitrogen and oxygen atoms in total. The predicted octanol–water partition coefficient (Wildman–Crippen LogP) is 2.35. The molecular formula is C10H4N2OS. The number of nitrogens with zero attached hydrogens (tertiary/aromatic N) is 2. The van der Waals surface area contributed by atoms with Crippen molar-refractivity contribution in [3.63, 3.8) is 0 Å². The van der Waals surface area contributed by atoms with Crippen molar-refractivity contribution >= 4 is 21.4 Å². The van der Waals surface area contributed by atoms with Crippen LogP contribution in [0.2, 0.25) is 0 Å². The molecule has 0 radical (unpaired) electrons. The van der Waals surface area contributed by atoms with Gasteiger partial charge in [-0.25, -0.2) is 0 Å². The standard InChI is InChI=1S/C10H4N2OS/c11-4-7-3-6-1-2-14-10(6)9(13)8(7)5-12/h1-3,13H. The number of nitriles is 2. The topological polar surface area (TPSA) is 67.8 Å². The number of rotatable bonds is 0. The highest BCUT2D eigenvalue weighted by Crippen LogP contribution is 2.34. The van der Waals surface area contributed by atoms with Crippen molar-refractivity contribution < 1.29 is 5.11 Å². The van der Waals surface area contributed by atoms with E-state index >= 15 is 0 Å². The molecule has 1 N–H and O–H groups in total. The Labute approximate surface area is 84.1 Å². The summed E-state index contributed by atoms with van der Waals surface area (Å²) in [6, 6.07) is 7.14. The van der Waals surface area contributed by atoms with Crippen LogP contribution in [0.25, 0.3) is 10.1 Å². The maximum Gasteiger partial charge on any atom is 0.152 e. The molecule has 66 valence electrons. The zero-order valence-corrected chi connectivity index (χ0v) is 7.80. The molecule has 0 atom stereocenters. The highest BCUT2D eigenvalue weighted by molar-refractivity contribution is 7.17. The van der Waals surface area contributed by atoms with Gasteiger partial charge in [-0.15, -0.1) is 11.3 Å². The molecule has 0 amide bonds. The van der Waals surface area contributed by atoms with Gasteiger partial charge in [0.1, 0.15) is 17.7 Å². The molecule has 2 rings (SSSR count). The second kappa shape index (κ2) is 3.02. The molecule has 14 heavy (non-hydrogen) atoms. The summed E-state index contributed by atoms with van der Waals surface area (Å²) < 4.78 is 0.653. The number of thiophene rings is 1. The third-order valence-corrected chi connectivity index (χ3v) is 2.89. The number of phenols is 1. The summed E-state index contributed by atoms with van der Waals surface area (Å²) in [5.74, 6) is -0.0865. The molecule has 1 aromatic heterocycles. The lowest BCUT2D eigenvalue weighted by Crippen LogP contribution is -1.84. The molecule has 0 bridgehead atoms. The summed E-state index contributed by atoms with van der Waals surface area (Å²) in [5.41, 5.74) is 0.276. The predicted molar refractivity (Wildman–Crippen MR) is 52.9 cm³/mol. The maximum atomic E-state index is 9.69. The van der Waals surface area contributed by atoms with E-state index in [0.717, 1.165) is 5.39 Å². The van der Waals surface area contributed by atoms with E-state index in [4.69, 9.17) is 10.5 Å². The van der Waals surface area contributed by atoms with Crippen LogP contribution in [0.3, 0.4) is 0 Å². The first-order valence-electron chi connectivity index (χ1n) is 3.81. The van der Waals surface area contributed by atoms with Crippen molar-refractivity contribution in [1.82, 2.24) is 0 Å². The van der Waals surface area contributed by atoms with Crippen LogP contribution in [-0.2, 0) is 0 Å². The molecule has 0 saturated heterocycles. The largest absolute Gasteiger partial charge is 0.505 e. The lowest BCUT2D eigenvalue weighted by molar-refractivity contribution is 0.480. The lowest BCUT2D eigenvalue weighted by atomic mass is 10.1. The number of fused-ring (bicyclic) bond motifs is 1. The Morgan fingerprint density at radius 2 is 2.07 bits per heavy atom. The fraction of sp³-hybridized carbons (Fsp3) is 0. The second-order valence-corrected chi connectivity index (χ2v) is 3.63. The fourth-order valence-corrected chi connectivity index (χ4v) is 2.12. The van der Waals surface area contributed by atoms with E-state index in [1.54, 1.807) is 6.07 Å². The fourth-order valence-electron chi connectivity index (χ4n) is 1.30. The van der Waals surface area contributed by atoms with Crippen LogP contribution < -0.4 is 0 Å². The highest BCUT2D eigenvalue weighted by Gasteiger charge is 2.12. The van der Waals surface area contributed by atoms with Crippen LogP contribution in [0.1, 0.15) is 11.1 Å². The molecule has 0 unspecified atom stereocenters. The van der Waals surface area contributed by atoms with Crippen LogP contribution in [0.5, 0.6) is 5.75 Å². The third-order valence-electron chi connectivity index (χ3n) is 1.95. The van der Waals surface area contributed by atoms with Crippen molar-refractivity contribution in [1.29, 1.82) is 10.5 Å². The summed E-state index contributed by atoms with van der Waals surface area (Å²) in [5, 5.41) is 29.8. The number of aromatic hydroxyl groups is 1. The van der Waals surface area contributed by atoms with E-state index in [1.165, 1.54) is 11.3 Å². The van der Waals surface area contributed by atoms with Crippen LogP contribution in [0, 0.1) is 22.7 Å². The van der Waals surface area contributed by atoms with Gasteiger partial charge in [0, 0.05) is 0 Å².